The Balaban J connectivity index is 1.61. The molecule has 172 valence electrons. The summed E-state index contributed by atoms with van der Waals surface area (Å²) in [4.78, 5) is 29.4. The van der Waals surface area contributed by atoms with Crippen LogP contribution >= 0.6 is 0 Å². The third kappa shape index (κ3) is 4.23. The number of fused-ring (bicyclic) bond motifs is 2. The van der Waals surface area contributed by atoms with E-state index in [-0.39, 0.29) is 18.9 Å². The molecule has 0 saturated heterocycles. The molecule has 1 aromatic carbocycles. The molecule has 1 amide bonds. The highest BCUT2D eigenvalue weighted by Gasteiger charge is 2.43. The van der Waals surface area contributed by atoms with Crippen LogP contribution in [-0.4, -0.2) is 40.1 Å². The van der Waals surface area contributed by atoms with E-state index in [0.717, 1.165) is 22.9 Å². The van der Waals surface area contributed by atoms with Gasteiger partial charge in [-0.25, -0.2) is 18.9 Å². The fraction of sp³-hybridized carbons (Fsp3) is 0.348. The predicted molar refractivity (Wildman–Crippen MR) is 120 cm³/mol. The van der Waals surface area contributed by atoms with E-state index in [9.17, 15) is 18.0 Å². The van der Waals surface area contributed by atoms with Crippen LogP contribution in [0.25, 0.3) is 6.08 Å². The summed E-state index contributed by atoms with van der Waals surface area (Å²) < 4.78 is 29.1. The number of nitrogens with one attached hydrogen (secondary N) is 1. The first kappa shape index (κ1) is 22.9. The Hall–Kier alpha value is -3.26. The molecule has 1 unspecified atom stereocenters. The Bertz CT molecular complexity index is 1380. The highest BCUT2D eigenvalue weighted by atomic mass is 32.2. The minimum Gasteiger partial charge on any atom is -0.372 e. The zero-order chi connectivity index (χ0) is 23.8. The molecule has 0 fully saturated rings. The lowest BCUT2D eigenvalue weighted by Crippen LogP contribution is -2.50. The zero-order valence-electron chi connectivity index (χ0n) is 18.2. The molecule has 2 aliphatic rings. The van der Waals surface area contributed by atoms with Gasteiger partial charge in [-0.3, -0.25) is 19.4 Å². The van der Waals surface area contributed by atoms with E-state index in [1.807, 2.05) is 18.2 Å². The summed E-state index contributed by atoms with van der Waals surface area (Å²) in [7, 11) is -3.88. The highest BCUT2D eigenvalue weighted by molar-refractivity contribution is 7.92. The molecule has 2 aromatic rings. The van der Waals surface area contributed by atoms with Gasteiger partial charge in [-0.1, -0.05) is 30.2 Å². The maximum Gasteiger partial charge on any atom is 0.264 e. The number of hydroxylamine groups is 1. The van der Waals surface area contributed by atoms with Crippen LogP contribution in [0.2, 0.25) is 0 Å². The second-order valence-electron chi connectivity index (χ2n) is 8.33. The van der Waals surface area contributed by atoms with Crippen molar-refractivity contribution in [3.8, 4) is 11.8 Å². The maximum atomic E-state index is 13.1. The zero-order valence-corrected chi connectivity index (χ0v) is 19.0. The number of aromatic nitrogens is 2. The van der Waals surface area contributed by atoms with Gasteiger partial charge < -0.3 is 4.74 Å². The molecule has 33 heavy (non-hydrogen) atoms. The molecule has 1 aliphatic carbocycles. The molecular formula is C23H23N3O6S. The molecule has 0 saturated carbocycles. The largest absolute Gasteiger partial charge is 0.372 e. The Kier molecular flexibility index (Phi) is 5.97. The molecule has 2 N–H and O–H groups in total. The van der Waals surface area contributed by atoms with Crippen molar-refractivity contribution in [2.24, 2.45) is 0 Å². The van der Waals surface area contributed by atoms with Crippen LogP contribution in [0.4, 0.5) is 0 Å². The molecule has 1 aromatic heterocycles. The van der Waals surface area contributed by atoms with Gasteiger partial charge in [-0.15, -0.1) is 0 Å². The lowest BCUT2D eigenvalue weighted by molar-refractivity contribution is -0.131. The third-order valence-corrected chi connectivity index (χ3v) is 8.23. The monoisotopic (exact) mass is 469 g/mol. The predicted octanol–water partition coefficient (Wildman–Crippen LogP) is 1.13. The number of amides is 1. The number of sulfone groups is 1. The van der Waals surface area contributed by atoms with Crippen LogP contribution in [0.1, 0.15) is 47.2 Å². The number of rotatable bonds is 6. The first-order valence-electron chi connectivity index (χ1n) is 10.3. The number of hydrogen-bond acceptors (Lipinski definition) is 7. The van der Waals surface area contributed by atoms with E-state index in [1.165, 1.54) is 23.3 Å². The van der Waals surface area contributed by atoms with Crippen molar-refractivity contribution in [3.63, 3.8) is 0 Å². The fourth-order valence-corrected chi connectivity index (χ4v) is 4.64. The van der Waals surface area contributed by atoms with Crippen molar-refractivity contribution < 1.29 is 23.2 Å². The van der Waals surface area contributed by atoms with E-state index >= 15 is 0 Å². The summed E-state index contributed by atoms with van der Waals surface area (Å²) >= 11 is 0. The number of ether oxygens (including phenoxy) is 1. The maximum absolute atomic E-state index is 13.1. The average Bonchev–Trinajstić information content (AvgIpc) is 3.14. The van der Waals surface area contributed by atoms with Gasteiger partial charge in [0.15, 0.2) is 14.6 Å². The van der Waals surface area contributed by atoms with Crippen LogP contribution in [0.15, 0.2) is 35.4 Å². The lowest BCUT2D eigenvalue weighted by Gasteiger charge is -2.25. The van der Waals surface area contributed by atoms with Crippen molar-refractivity contribution in [2.75, 3.05) is 6.26 Å². The first-order chi connectivity index (χ1) is 15.6. The molecule has 0 spiro atoms. The second kappa shape index (κ2) is 8.59. The molecule has 1 aliphatic heterocycles. The Morgan fingerprint density at radius 2 is 2.12 bits per heavy atom. The smallest absolute Gasteiger partial charge is 0.264 e. The molecule has 2 atom stereocenters. The standard InChI is InChI=1S/C23H23N3O6S/c1-23(22(28)25-29,33(2,30)31)9-10-26-14-24-20-8-6-15(5-7-19(20)21(26)27)16-3-4-17-12-32-13-18(17)11-16/h3-5,7,11,14-15,29H,9-10,12-13H2,1-2H3,(H,25,28)/t15?,23-/m1/s1. The van der Waals surface area contributed by atoms with Gasteiger partial charge in [-0.05, 0) is 42.0 Å². The molecule has 9 nitrogen and oxygen atoms in total. The minimum atomic E-state index is -3.88. The second-order valence-corrected chi connectivity index (χ2v) is 10.8. The van der Waals surface area contributed by atoms with Crippen LogP contribution in [-0.2, 0) is 39.1 Å². The number of nitrogens with zero attached hydrogens (tertiary/aromatic N) is 2. The van der Waals surface area contributed by atoms with Gasteiger partial charge in [0, 0.05) is 12.8 Å². The summed E-state index contributed by atoms with van der Waals surface area (Å²) in [5.74, 6) is 4.83. The van der Waals surface area contributed by atoms with Crippen molar-refractivity contribution in [1.29, 1.82) is 0 Å². The van der Waals surface area contributed by atoms with Crippen LogP contribution in [0, 0.1) is 11.8 Å². The van der Waals surface area contributed by atoms with Crippen molar-refractivity contribution >= 4 is 21.8 Å². The quantitative estimate of drug-likeness (QED) is 0.369. The molecule has 2 heterocycles. The summed E-state index contributed by atoms with van der Waals surface area (Å²) in [5, 5.41) is 8.97. The number of aryl methyl sites for hydroxylation is 1. The molecule has 10 heteroatoms. The number of carbonyl (C=O) groups excluding carboxylic acids is 1. The normalized spacial score (nSPS) is 18.3. The number of benzene rings is 1. The summed E-state index contributed by atoms with van der Waals surface area (Å²) in [5.41, 5.74) is 4.92. The first-order valence-corrected chi connectivity index (χ1v) is 12.2. The van der Waals surface area contributed by atoms with Crippen molar-refractivity contribution in [2.45, 2.75) is 43.8 Å². The van der Waals surface area contributed by atoms with Crippen molar-refractivity contribution in [1.82, 2.24) is 15.0 Å². The van der Waals surface area contributed by atoms with E-state index < -0.39 is 26.1 Å². The Morgan fingerprint density at radius 3 is 2.85 bits per heavy atom. The summed E-state index contributed by atoms with van der Waals surface area (Å²) in [6.45, 7) is 2.29. The highest BCUT2D eigenvalue weighted by Crippen LogP contribution is 2.27. The van der Waals surface area contributed by atoms with Crippen LogP contribution in [0.5, 0.6) is 0 Å². The number of hydrogen-bond donors (Lipinski definition) is 2. The van der Waals surface area contributed by atoms with Gasteiger partial charge in [0.25, 0.3) is 11.5 Å². The molecular weight excluding hydrogens is 446 g/mol. The van der Waals surface area contributed by atoms with E-state index in [2.05, 4.69) is 22.9 Å². The SMILES string of the molecule is C[C@@](CCn1cnc2c(c1=O)C=CC(c1ccc3c(c1)COC3)C#C2)(C(=O)NO)S(C)(=O)=O. The van der Waals surface area contributed by atoms with Gasteiger partial charge in [-0.2, -0.15) is 0 Å². The van der Waals surface area contributed by atoms with Crippen molar-refractivity contribution in [3.05, 3.63) is 68.9 Å². The third-order valence-electron chi connectivity index (χ3n) is 6.21. The molecule has 4 rings (SSSR count). The summed E-state index contributed by atoms with van der Waals surface area (Å²) in [6.07, 6.45) is 5.47. The average molecular weight is 470 g/mol. The topological polar surface area (TPSA) is 128 Å². The molecule has 0 bridgehead atoms. The minimum absolute atomic E-state index is 0.0916. The van der Waals surface area contributed by atoms with E-state index in [0.29, 0.717) is 24.5 Å². The fourth-order valence-electron chi connectivity index (χ4n) is 3.80. The van der Waals surface area contributed by atoms with Crippen LogP contribution in [0.3, 0.4) is 0 Å². The van der Waals surface area contributed by atoms with Gasteiger partial charge in [0.05, 0.1) is 31.0 Å². The number of allylic oxidation sites excluding steroid dienone is 1. The van der Waals surface area contributed by atoms with Gasteiger partial charge >= 0.3 is 0 Å². The summed E-state index contributed by atoms with van der Waals surface area (Å²) in [6, 6.07) is 6.08. The number of carbonyl (C=O) groups is 1. The van der Waals surface area contributed by atoms with E-state index in [1.54, 1.807) is 6.08 Å². The van der Waals surface area contributed by atoms with Gasteiger partial charge in [0.1, 0.15) is 5.69 Å². The molecule has 0 radical (unpaired) electrons. The Labute approximate surface area is 191 Å². The Morgan fingerprint density at radius 1 is 1.36 bits per heavy atom. The van der Waals surface area contributed by atoms with E-state index in [4.69, 9.17) is 9.94 Å². The van der Waals surface area contributed by atoms with Crippen LogP contribution < -0.4 is 11.0 Å². The van der Waals surface area contributed by atoms with Gasteiger partial charge in [0.2, 0.25) is 0 Å². The lowest BCUT2D eigenvalue weighted by atomic mass is 9.96.